The fourth-order valence-corrected chi connectivity index (χ4v) is 5.33. The number of benzene rings is 3. The van der Waals surface area contributed by atoms with Crippen LogP contribution >= 0.6 is 46.6 Å². The Morgan fingerprint density at radius 1 is 0.882 bits per heavy atom. The minimum absolute atomic E-state index is 0.158. The Bertz CT molecular complexity index is 1340. The second-order valence-electron chi connectivity index (χ2n) is 7.81. The van der Waals surface area contributed by atoms with Gasteiger partial charge in [-0.05, 0) is 65.7 Å². The summed E-state index contributed by atoms with van der Waals surface area (Å²) in [5.41, 5.74) is 5.13. The van der Waals surface area contributed by atoms with Crippen LogP contribution in [0.4, 0.5) is 5.69 Å². The van der Waals surface area contributed by atoms with Crippen LogP contribution in [0.15, 0.2) is 94.9 Å². The fraction of sp³-hybridized carbons (Fsp3) is 0.111. The largest absolute Gasteiger partial charge is 0.489 e. The summed E-state index contributed by atoms with van der Waals surface area (Å²) in [4.78, 5) is 10.3. The van der Waals surface area contributed by atoms with E-state index in [-0.39, 0.29) is 5.25 Å². The highest BCUT2D eigenvalue weighted by molar-refractivity contribution is 7.99. The summed E-state index contributed by atoms with van der Waals surface area (Å²) in [6.07, 6.45) is 2.48. The van der Waals surface area contributed by atoms with E-state index in [9.17, 15) is 0 Å². The average molecular weight is 526 g/mol. The van der Waals surface area contributed by atoms with Gasteiger partial charge in [-0.1, -0.05) is 59.1 Å². The Kier molecular flexibility index (Phi) is 7.12. The zero-order valence-corrected chi connectivity index (χ0v) is 21.0. The predicted molar refractivity (Wildman–Crippen MR) is 142 cm³/mol. The zero-order chi connectivity index (χ0) is 23.5. The quantitative estimate of drug-likeness (QED) is 0.244. The summed E-state index contributed by atoms with van der Waals surface area (Å²) in [5.74, 6) is 0.781. The number of hydrogen-bond donors (Lipinski definition) is 0. The Morgan fingerprint density at radius 2 is 1.71 bits per heavy atom. The smallest absolute Gasteiger partial charge is 0.129 e. The van der Waals surface area contributed by atoms with Gasteiger partial charge in [0, 0.05) is 34.0 Å². The molecule has 0 aliphatic carbocycles. The van der Waals surface area contributed by atoms with Crippen molar-refractivity contribution in [1.82, 2.24) is 4.98 Å². The van der Waals surface area contributed by atoms with Gasteiger partial charge >= 0.3 is 0 Å². The molecule has 1 aliphatic rings. The molecule has 1 aliphatic heterocycles. The first kappa shape index (κ1) is 23.3. The van der Waals surface area contributed by atoms with E-state index >= 15 is 0 Å². The lowest BCUT2D eigenvalue weighted by Gasteiger charge is -2.17. The molecular formula is C27H19Cl3N2OS. The molecule has 0 amide bonds. The highest BCUT2D eigenvalue weighted by atomic mass is 35.5. The van der Waals surface area contributed by atoms with Gasteiger partial charge in [-0.2, -0.15) is 0 Å². The first-order chi connectivity index (χ1) is 16.5. The van der Waals surface area contributed by atoms with Gasteiger partial charge in [0.25, 0.3) is 0 Å². The monoisotopic (exact) mass is 524 g/mol. The molecule has 0 radical (unpaired) electrons. The van der Waals surface area contributed by atoms with Crippen molar-refractivity contribution >= 4 is 58.0 Å². The molecule has 7 heteroatoms. The SMILES string of the molecule is Clc1ccc(COc2ccc(C3=Nc4ccccc4SC(c4ccc(Cl)c(Cl)c4)C3)cc2)cn1. The Labute approximate surface area is 217 Å². The lowest BCUT2D eigenvalue weighted by atomic mass is 10.0. The number of pyridine rings is 1. The van der Waals surface area contributed by atoms with Gasteiger partial charge in [0.05, 0.1) is 15.7 Å². The molecule has 0 saturated heterocycles. The molecular weight excluding hydrogens is 507 g/mol. The van der Waals surface area contributed by atoms with Gasteiger partial charge in [-0.25, -0.2) is 4.98 Å². The van der Waals surface area contributed by atoms with Crippen molar-refractivity contribution in [2.75, 3.05) is 0 Å². The summed E-state index contributed by atoms with van der Waals surface area (Å²) < 4.78 is 5.92. The standard InChI is InChI=1S/C27H19Cl3N2OS/c28-21-11-8-19(13-22(21)29)26-14-24(32-23-3-1-2-4-25(23)34-26)18-6-9-20(10-7-18)33-16-17-5-12-27(30)31-15-17/h1-13,15,26H,14,16H2. The maximum Gasteiger partial charge on any atom is 0.129 e. The number of para-hydroxylation sites is 1. The number of aromatic nitrogens is 1. The molecule has 0 fully saturated rings. The van der Waals surface area contributed by atoms with E-state index in [0.717, 1.165) is 45.2 Å². The van der Waals surface area contributed by atoms with E-state index in [4.69, 9.17) is 44.5 Å². The highest BCUT2D eigenvalue weighted by Gasteiger charge is 2.23. The van der Waals surface area contributed by atoms with Crippen molar-refractivity contribution in [2.24, 2.45) is 4.99 Å². The van der Waals surface area contributed by atoms with Crippen molar-refractivity contribution in [1.29, 1.82) is 0 Å². The van der Waals surface area contributed by atoms with E-state index < -0.39 is 0 Å². The van der Waals surface area contributed by atoms with Crippen molar-refractivity contribution < 1.29 is 4.74 Å². The maximum absolute atomic E-state index is 6.33. The third-order valence-corrected chi connectivity index (χ3v) is 7.75. The van der Waals surface area contributed by atoms with Crippen LogP contribution in [0.25, 0.3) is 0 Å². The molecule has 0 N–H and O–H groups in total. The summed E-state index contributed by atoms with van der Waals surface area (Å²) in [6, 6.07) is 25.8. The minimum atomic E-state index is 0.158. The second-order valence-corrected chi connectivity index (χ2v) is 10.3. The van der Waals surface area contributed by atoms with Crippen molar-refractivity contribution in [3.63, 3.8) is 0 Å². The molecule has 1 aromatic heterocycles. The Balaban J connectivity index is 1.40. The molecule has 5 rings (SSSR count). The number of halogens is 3. The van der Waals surface area contributed by atoms with Crippen molar-refractivity contribution in [3.8, 4) is 5.75 Å². The van der Waals surface area contributed by atoms with Crippen molar-refractivity contribution in [2.45, 2.75) is 23.2 Å². The summed E-state index contributed by atoms with van der Waals surface area (Å²) in [6.45, 7) is 0.424. The molecule has 1 atom stereocenters. The van der Waals surface area contributed by atoms with Gasteiger partial charge in [0.2, 0.25) is 0 Å². The van der Waals surface area contributed by atoms with E-state index in [1.165, 1.54) is 0 Å². The number of rotatable bonds is 5. The lowest BCUT2D eigenvalue weighted by molar-refractivity contribution is 0.306. The van der Waals surface area contributed by atoms with Crippen LogP contribution in [-0.4, -0.2) is 10.7 Å². The molecule has 34 heavy (non-hydrogen) atoms. The van der Waals surface area contributed by atoms with Crippen LogP contribution in [0.2, 0.25) is 15.2 Å². The molecule has 0 bridgehead atoms. The van der Waals surface area contributed by atoms with Crippen molar-refractivity contribution in [3.05, 3.63) is 117 Å². The number of fused-ring (bicyclic) bond motifs is 1. The number of hydrogen-bond acceptors (Lipinski definition) is 4. The molecule has 0 saturated carbocycles. The molecule has 3 nitrogen and oxygen atoms in total. The number of aliphatic imine (C=N–C) groups is 1. The van der Waals surface area contributed by atoms with E-state index in [1.54, 1.807) is 24.0 Å². The average Bonchev–Trinajstić information content (AvgIpc) is 3.06. The Hall–Kier alpha value is -2.50. The van der Waals surface area contributed by atoms with Gasteiger partial charge in [0.1, 0.15) is 17.5 Å². The van der Waals surface area contributed by atoms with Gasteiger partial charge < -0.3 is 4.74 Å². The fourth-order valence-electron chi connectivity index (χ4n) is 3.69. The first-order valence-electron chi connectivity index (χ1n) is 10.7. The zero-order valence-electron chi connectivity index (χ0n) is 17.9. The van der Waals surface area contributed by atoms with Gasteiger partial charge in [-0.3, -0.25) is 4.99 Å². The maximum atomic E-state index is 6.33. The van der Waals surface area contributed by atoms with E-state index in [1.807, 2.05) is 48.5 Å². The predicted octanol–water partition coefficient (Wildman–Crippen LogP) is 8.98. The minimum Gasteiger partial charge on any atom is -0.489 e. The molecule has 1 unspecified atom stereocenters. The first-order valence-corrected chi connectivity index (χ1v) is 12.7. The van der Waals surface area contributed by atoms with Gasteiger partial charge in [-0.15, -0.1) is 11.8 Å². The molecule has 4 aromatic rings. The molecule has 2 heterocycles. The van der Waals surface area contributed by atoms with Crippen LogP contribution in [0.1, 0.15) is 28.4 Å². The number of ether oxygens (including phenoxy) is 1. The summed E-state index contributed by atoms with van der Waals surface area (Å²) in [7, 11) is 0. The summed E-state index contributed by atoms with van der Waals surface area (Å²) >= 11 is 20.1. The van der Waals surface area contributed by atoms with Crippen LogP contribution in [-0.2, 0) is 6.61 Å². The van der Waals surface area contributed by atoms with E-state index in [0.29, 0.717) is 21.8 Å². The second kappa shape index (κ2) is 10.4. The molecule has 170 valence electrons. The normalized spacial score (nSPS) is 15.3. The third kappa shape index (κ3) is 5.42. The van der Waals surface area contributed by atoms with Crippen LogP contribution in [0, 0.1) is 0 Å². The molecule has 0 spiro atoms. The number of nitrogens with zero attached hydrogens (tertiary/aromatic N) is 2. The third-order valence-electron chi connectivity index (χ3n) is 5.47. The summed E-state index contributed by atoms with van der Waals surface area (Å²) in [5, 5.41) is 1.75. The Morgan fingerprint density at radius 3 is 2.47 bits per heavy atom. The lowest BCUT2D eigenvalue weighted by Crippen LogP contribution is -2.05. The number of thioether (sulfide) groups is 1. The van der Waals surface area contributed by atoms with Gasteiger partial charge in [0.15, 0.2) is 0 Å². The topological polar surface area (TPSA) is 34.5 Å². The van der Waals surface area contributed by atoms with Crippen LogP contribution < -0.4 is 4.74 Å². The van der Waals surface area contributed by atoms with Crippen LogP contribution in [0.5, 0.6) is 5.75 Å². The van der Waals surface area contributed by atoms with E-state index in [2.05, 4.69) is 29.2 Å². The highest BCUT2D eigenvalue weighted by Crippen LogP contribution is 2.46. The van der Waals surface area contributed by atoms with Crippen LogP contribution in [0.3, 0.4) is 0 Å². The molecule has 3 aromatic carbocycles.